The molecule has 0 amide bonds. The lowest BCUT2D eigenvalue weighted by atomic mass is 10.2. The smallest absolute Gasteiger partial charge is 0.195 e. The molecule has 0 aliphatic rings. The number of aromatic nitrogens is 3. The predicted molar refractivity (Wildman–Crippen MR) is 93.5 cm³/mol. The quantitative estimate of drug-likeness (QED) is 0.506. The van der Waals surface area contributed by atoms with Crippen molar-refractivity contribution in [2.45, 2.75) is 19.0 Å². The third-order valence-corrected chi connectivity index (χ3v) is 4.27. The van der Waals surface area contributed by atoms with Crippen LogP contribution in [0.5, 0.6) is 5.75 Å². The van der Waals surface area contributed by atoms with Crippen LogP contribution in [0, 0.1) is 13.8 Å². The maximum Gasteiger partial charge on any atom is 0.195 e. The summed E-state index contributed by atoms with van der Waals surface area (Å²) in [6, 6.07) is 18.2. The summed E-state index contributed by atoms with van der Waals surface area (Å²) >= 11 is 1.65. The number of nitrogens with zero attached hydrogens (tertiary/aromatic N) is 3. The van der Waals surface area contributed by atoms with Crippen LogP contribution >= 0.6 is 11.8 Å². The molecule has 23 heavy (non-hydrogen) atoms. The van der Waals surface area contributed by atoms with Gasteiger partial charge in [0.1, 0.15) is 11.6 Å². The first-order valence-electron chi connectivity index (χ1n) is 7.54. The molecule has 118 valence electrons. The largest absolute Gasteiger partial charge is 0.493 e. The van der Waals surface area contributed by atoms with E-state index in [0.717, 1.165) is 28.2 Å². The van der Waals surface area contributed by atoms with Gasteiger partial charge in [-0.15, -0.1) is 10.2 Å². The van der Waals surface area contributed by atoms with E-state index in [-0.39, 0.29) is 0 Å². The molecule has 4 nitrogen and oxygen atoms in total. The number of aryl methyl sites for hydroxylation is 2. The third-order valence-electron chi connectivity index (χ3n) is 3.38. The van der Waals surface area contributed by atoms with Crippen molar-refractivity contribution in [3.05, 3.63) is 66.0 Å². The molecule has 1 aromatic heterocycles. The van der Waals surface area contributed by atoms with Gasteiger partial charge in [0, 0.05) is 11.4 Å². The zero-order valence-corrected chi connectivity index (χ0v) is 14.1. The Morgan fingerprint density at radius 2 is 1.83 bits per heavy atom. The number of ether oxygens (including phenoxy) is 1. The van der Waals surface area contributed by atoms with Gasteiger partial charge in [-0.1, -0.05) is 42.1 Å². The van der Waals surface area contributed by atoms with Crippen molar-refractivity contribution >= 4 is 11.8 Å². The van der Waals surface area contributed by atoms with Crippen LogP contribution < -0.4 is 4.74 Å². The highest BCUT2D eigenvalue weighted by Crippen LogP contribution is 2.22. The lowest BCUT2D eigenvalue weighted by Gasteiger charge is -2.09. The van der Waals surface area contributed by atoms with Gasteiger partial charge < -0.3 is 4.74 Å². The summed E-state index contributed by atoms with van der Waals surface area (Å²) in [6.07, 6.45) is 0. The van der Waals surface area contributed by atoms with E-state index in [1.165, 1.54) is 5.56 Å². The van der Waals surface area contributed by atoms with Crippen molar-refractivity contribution in [1.82, 2.24) is 14.8 Å². The summed E-state index contributed by atoms with van der Waals surface area (Å²) in [7, 11) is 0. The fourth-order valence-electron chi connectivity index (χ4n) is 2.31. The van der Waals surface area contributed by atoms with Gasteiger partial charge in [0.25, 0.3) is 0 Å². The molecule has 5 heteroatoms. The number of thioether (sulfide) groups is 1. The van der Waals surface area contributed by atoms with Crippen molar-refractivity contribution in [1.29, 1.82) is 0 Å². The fourth-order valence-corrected chi connectivity index (χ4v) is 3.12. The SMILES string of the molecule is Cc1cccc(-n2c(C)nnc2SCCOc2ccccc2)c1. The zero-order valence-electron chi connectivity index (χ0n) is 13.3. The van der Waals surface area contributed by atoms with E-state index in [2.05, 4.69) is 46.0 Å². The molecule has 3 aromatic rings. The Morgan fingerprint density at radius 3 is 2.61 bits per heavy atom. The van der Waals surface area contributed by atoms with E-state index in [9.17, 15) is 0 Å². The molecule has 0 saturated heterocycles. The highest BCUT2D eigenvalue weighted by Gasteiger charge is 2.11. The Kier molecular flexibility index (Phi) is 4.98. The molecule has 0 fully saturated rings. The average molecular weight is 325 g/mol. The molecular formula is C18H19N3OS. The van der Waals surface area contributed by atoms with Gasteiger partial charge in [-0.05, 0) is 43.7 Å². The van der Waals surface area contributed by atoms with Crippen molar-refractivity contribution in [3.63, 3.8) is 0 Å². The first-order valence-corrected chi connectivity index (χ1v) is 8.52. The molecule has 0 atom stereocenters. The summed E-state index contributed by atoms with van der Waals surface area (Å²) < 4.78 is 7.80. The fraction of sp³-hybridized carbons (Fsp3) is 0.222. The third kappa shape index (κ3) is 3.93. The second-order valence-corrected chi connectivity index (χ2v) is 6.28. The molecule has 0 N–H and O–H groups in total. The molecule has 0 radical (unpaired) electrons. The Hall–Kier alpha value is -2.27. The second-order valence-electron chi connectivity index (χ2n) is 5.21. The van der Waals surface area contributed by atoms with Gasteiger partial charge in [-0.2, -0.15) is 0 Å². The maximum absolute atomic E-state index is 5.72. The molecule has 2 aromatic carbocycles. The topological polar surface area (TPSA) is 39.9 Å². The summed E-state index contributed by atoms with van der Waals surface area (Å²) in [5.41, 5.74) is 2.32. The Morgan fingerprint density at radius 1 is 1.00 bits per heavy atom. The lowest BCUT2D eigenvalue weighted by Crippen LogP contribution is -2.03. The predicted octanol–water partition coefficient (Wildman–Crippen LogP) is 4.06. The number of para-hydroxylation sites is 1. The Balaban J connectivity index is 1.65. The standard InChI is InChI=1S/C18H19N3OS/c1-14-7-6-8-16(13-14)21-15(2)19-20-18(21)23-12-11-22-17-9-4-3-5-10-17/h3-10,13H,11-12H2,1-2H3. The molecule has 0 bridgehead atoms. The summed E-state index contributed by atoms with van der Waals surface area (Å²) in [5, 5.41) is 9.39. The average Bonchev–Trinajstić information content (AvgIpc) is 2.93. The van der Waals surface area contributed by atoms with Crippen molar-refractivity contribution in [2.75, 3.05) is 12.4 Å². The van der Waals surface area contributed by atoms with E-state index in [1.54, 1.807) is 11.8 Å². The number of hydrogen-bond acceptors (Lipinski definition) is 4. The number of hydrogen-bond donors (Lipinski definition) is 0. The van der Waals surface area contributed by atoms with Crippen molar-refractivity contribution in [3.8, 4) is 11.4 Å². The lowest BCUT2D eigenvalue weighted by molar-refractivity contribution is 0.344. The van der Waals surface area contributed by atoms with Crippen LogP contribution in [0.25, 0.3) is 5.69 Å². The van der Waals surface area contributed by atoms with Crippen LogP contribution in [0.3, 0.4) is 0 Å². The number of rotatable bonds is 6. The van der Waals surface area contributed by atoms with E-state index < -0.39 is 0 Å². The van der Waals surface area contributed by atoms with E-state index in [1.807, 2.05) is 37.3 Å². The highest BCUT2D eigenvalue weighted by atomic mass is 32.2. The van der Waals surface area contributed by atoms with Crippen molar-refractivity contribution in [2.24, 2.45) is 0 Å². The molecule has 0 aliphatic heterocycles. The highest BCUT2D eigenvalue weighted by molar-refractivity contribution is 7.99. The normalized spacial score (nSPS) is 10.7. The molecule has 0 aliphatic carbocycles. The molecule has 0 spiro atoms. The maximum atomic E-state index is 5.72. The summed E-state index contributed by atoms with van der Waals surface area (Å²) in [4.78, 5) is 0. The molecule has 0 unspecified atom stereocenters. The van der Waals surface area contributed by atoms with Crippen LogP contribution in [-0.4, -0.2) is 27.1 Å². The van der Waals surface area contributed by atoms with Gasteiger partial charge in [-0.25, -0.2) is 0 Å². The second kappa shape index (κ2) is 7.33. The van der Waals surface area contributed by atoms with Crippen LogP contribution in [0.2, 0.25) is 0 Å². The number of benzene rings is 2. The minimum absolute atomic E-state index is 0.633. The molecule has 1 heterocycles. The van der Waals surface area contributed by atoms with Crippen LogP contribution in [0.1, 0.15) is 11.4 Å². The molecule has 3 rings (SSSR count). The Labute approximate surface area is 140 Å². The Bertz CT molecular complexity index is 771. The van der Waals surface area contributed by atoms with Gasteiger partial charge >= 0.3 is 0 Å². The van der Waals surface area contributed by atoms with Crippen LogP contribution in [0.15, 0.2) is 59.8 Å². The van der Waals surface area contributed by atoms with E-state index >= 15 is 0 Å². The first-order chi connectivity index (χ1) is 11.2. The minimum Gasteiger partial charge on any atom is -0.493 e. The summed E-state index contributed by atoms with van der Waals surface area (Å²) in [5.74, 6) is 2.60. The van der Waals surface area contributed by atoms with Gasteiger partial charge in [0.05, 0.1) is 6.61 Å². The molecule has 0 saturated carbocycles. The van der Waals surface area contributed by atoms with E-state index in [4.69, 9.17) is 4.74 Å². The van der Waals surface area contributed by atoms with Gasteiger partial charge in [0.2, 0.25) is 0 Å². The first kappa shape index (κ1) is 15.6. The van der Waals surface area contributed by atoms with Crippen LogP contribution in [-0.2, 0) is 0 Å². The van der Waals surface area contributed by atoms with Crippen molar-refractivity contribution < 1.29 is 4.74 Å². The van der Waals surface area contributed by atoms with Crippen LogP contribution in [0.4, 0.5) is 0 Å². The monoisotopic (exact) mass is 325 g/mol. The summed E-state index contributed by atoms with van der Waals surface area (Å²) in [6.45, 7) is 4.69. The minimum atomic E-state index is 0.633. The van der Waals surface area contributed by atoms with Gasteiger partial charge in [0.15, 0.2) is 5.16 Å². The van der Waals surface area contributed by atoms with E-state index in [0.29, 0.717) is 6.61 Å². The molecular weight excluding hydrogens is 306 g/mol. The van der Waals surface area contributed by atoms with Gasteiger partial charge in [-0.3, -0.25) is 4.57 Å². The zero-order chi connectivity index (χ0) is 16.1.